The van der Waals surface area contributed by atoms with Crippen molar-refractivity contribution in [2.45, 2.75) is 13.0 Å². The van der Waals surface area contributed by atoms with E-state index in [1.165, 1.54) is 26.2 Å². The Morgan fingerprint density at radius 2 is 1.88 bits per heavy atom. The number of fused-ring (bicyclic) bond motifs is 1. The summed E-state index contributed by atoms with van der Waals surface area (Å²) < 4.78 is 66.2. The van der Waals surface area contributed by atoms with Crippen LogP contribution in [0.25, 0.3) is 10.8 Å². The summed E-state index contributed by atoms with van der Waals surface area (Å²) in [4.78, 5) is 26.6. The van der Waals surface area contributed by atoms with E-state index in [-0.39, 0.29) is 27.0 Å². The standard InChI is InChI=1S/C21H20ClF3N4O4S/c1-11(15-10-28(2)20(30)19-14(15)7-12(23)8-18(19)25)29(5-6-34(26,32)33)21(31)27-13-3-4-17(24)16(22)9-13/h3-4,7-11H,5-6H2,1-2H3,(H,27,31)(H2,26,32,33). The molecule has 0 bridgehead atoms. The number of benzene rings is 2. The molecule has 0 aliphatic rings. The predicted octanol–water partition coefficient (Wildman–Crippen LogP) is 3.49. The molecule has 1 atom stereocenters. The molecule has 0 spiro atoms. The van der Waals surface area contributed by atoms with Crippen LogP contribution in [0.4, 0.5) is 23.7 Å². The van der Waals surface area contributed by atoms with Gasteiger partial charge in [0, 0.05) is 31.5 Å². The molecule has 182 valence electrons. The molecule has 1 unspecified atom stereocenters. The van der Waals surface area contributed by atoms with E-state index in [0.29, 0.717) is 6.07 Å². The Kier molecular flexibility index (Phi) is 7.24. The van der Waals surface area contributed by atoms with Crippen molar-refractivity contribution in [3.63, 3.8) is 0 Å². The molecule has 13 heteroatoms. The van der Waals surface area contributed by atoms with Gasteiger partial charge in [0.15, 0.2) is 0 Å². The number of primary sulfonamides is 1. The van der Waals surface area contributed by atoms with Crippen LogP contribution in [-0.4, -0.2) is 36.2 Å². The molecule has 0 radical (unpaired) electrons. The summed E-state index contributed by atoms with van der Waals surface area (Å²) in [5, 5.41) is 6.86. The Bertz CT molecular complexity index is 1450. The molecule has 3 N–H and O–H groups in total. The number of nitrogens with one attached hydrogen (secondary N) is 1. The number of pyridine rings is 1. The van der Waals surface area contributed by atoms with E-state index in [2.05, 4.69) is 5.32 Å². The molecule has 34 heavy (non-hydrogen) atoms. The Morgan fingerprint density at radius 3 is 2.50 bits per heavy atom. The fourth-order valence-electron chi connectivity index (χ4n) is 3.50. The second kappa shape index (κ2) is 9.65. The molecule has 0 aliphatic carbocycles. The number of hydrogen-bond acceptors (Lipinski definition) is 4. The molecule has 0 saturated carbocycles. The van der Waals surface area contributed by atoms with Crippen LogP contribution in [-0.2, 0) is 17.1 Å². The number of hydrogen-bond donors (Lipinski definition) is 2. The SMILES string of the molecule is CC(c1cn(C)c(=O)c2c(F)cc(F)cc12)N(CCS(N)(=O)=O)C(=O)Nc1ccc(F)c(Cl)c1. The van der Waals surface area contributed by atoms with Gasteiger partial charge in [0.25, 0.3) is 5.56 Å². The first-order chi connectivity index (χ1) is 15.8. The maximum absolute atomic E-state index is 14.5. The molecule has 3 rings (SSSR count). The Hall–Kier alpha value is -3.09. The second-order valence-corrected chi connectivity index (χ2v) is 9.75. The number of rotatable bonds is 6. The number of carbonyl (C=O) groups excluding carboxylic acids is 1. The van der Waals surface area contributed by atoms with Gasteiger partial charge in [-0.2, -0.15) is 0 Å². The van der Waals surface area contributed by atoms with Gasteiger partial charge in [-0.05, 0) is 42.1 Å². The number of amides is 2. The van der Waals surface area contributed by atoms with E-state index in [1.807, 2.05) is 0 Å². The monoisotopic (exact) mass is 516 g/mol. The largest absolute Gasteiger partial charge is 0.322 e. The lowest BCUT2D eigenvalue weighted by molar-refractivity contribution is 0.197. The van der Waals surface area contributed by atoms with Gasteiger partial charge in [0.2, 0.25) is 10.0 Å². The van der Waals surface area contributed by atoms with Gasteiger partial charge in [-0.15, -0.1) is 0 Å². The predicted molar refractivity (Wildman–Crippen MR) is 123 cm³/mol. The number of sulfonamides is 1. The van der Waals surface area contributed by atoms with Crippen molar-refractivity contribution in [1.82, 2.24) is 9.47 Å². The summed E-state index contributed by atoms with van der Waals surface area (Å²) in [6.45, 7) is 1.09. The van der Waals surface area contributed by atoms with Crippen LogP contribution in [0.3, 0.4) is 0 Å². The van der Waals surface area contributed by atoms with Crippen LogP contribution in [0.15, 0.2) is 41.3 Å². The minimum Gasteiger partial charge on any atom is -0.318 e. The van der Waals surface area contributed by atoms with Crippen molar-refractivity contribution < 1.29 is 26.4 Å². The van der Waals surface area contributed by atoms with E-state index >= 15 is 0 Å². The third kappa shape index (κ3) is 5.51. The lowest BCUT2D eigenvalue weighted by Crippen LogP contribution is -2.41. The first-order valence-electron chi connectivity index (χ1n) is 9.80. The molecule has 1 heterocycles. The molecular formula is C21H20ClF3N4O4S. The van der Waals surface area contributed by atoms with Crippen LogP contribution < -0.4 is 16.0 Å². The first-order valence-corrected chi connectivity index (χ1v) is 11.9. The van der Waals surface area contributed by atoms with Crippen molar-refractivity contribution in [2.75, 3.05) is 17.6 Å². The van der Waals surface area contributed by atoms with Crippen LogP contribution in [0.5, 0.6) is 0 Å². The topological polar surface area (TPSA) is 114 Å². The summed E-state index contributed by atoms with van der Waals surface area (Å²) in [6, 6.07) is 3.16. The zero-order valence-corrected chi connectivity index (χ0v) is 19.6. The Balaban J connectivity index is 2.10. The fraction of sp³-hybridized carbons (Fsp3) is 0.238. The minimum atomic E-state index is -3.99. The van der Waals surface area contributed by atoms with Crippen molar-refractivity contribution >= 4 is 44.1 Å². The number of aromatic nitrogens is 1. The third-order valence-electron chi connectivity index (χ3n) is 5.20. The van der Waals surface area contributed by atoms with Gasteiger partial charge in [0.1, 0.15) is 17.5 Å². The van der Waals surface area contributed by atoms with Gasteiger partial charge < -0.3 is 14.8 Å². The number of anilines is 1. The Labute approximate surface area is 197 Å². The number of nitrogens with two attached hydrogens (primary N) is 1. The lowest BCUT2D eigenvalue weighted by Gasteiger charge is -2.30. The van der Waals surface area contributed by atoms with Crippen LogP contribution in [0.2, 0.25) is 5.02 Å². The van der Waals surface area contributed by atoms with Crippen LogP contribution in [0.1, 0.15) is 18.5 Å². The van der Waals surface area contributed by atoms with E-state index < -0.39 is 57.4 Å². The van der Waals surface area contributed by atoms with Gasteiger partial charge in [0.05, 0.1) is 22.2 Å². The molecule has 2 aromatic carbocycles. The molecule has 0 fully saturated rings. The summed E-state index contributed by atoms with van der Waals surface area (Å²) in [7, 11) is -2.63. The van der Waals surface area contributed by atoms with Crippen molar-refractivity contribution in [3.8, 4) is 0 Å². The second-order valence-electron chi connectivity index (χ2n) is 7.61. The number of urea groups is 1. The number of nitrogens with zero attached hydrogens (tertiary/aromatic N) is 2. The molecule has 3 aromatic rings. The van der Waals surface area contributed by atoms with E-state index in [4.69, 9.17) is 16.7 Å². The van der Waals surface area contributed by atoms with E-state index in [9.17, 15) is 31.2 Å². The van der Waals surface area contributed by atoms with Gasteiger partial charge in [-0.3, -0.25) is 4.79 Å². The zero-order valence-electron chi connectivity index (χ0n) is 18.0. The van der Waals surface area contributed by atoms with Crippen LogP contribution in [0, 0.1) is 17.5 Å². The van der Waals surface area contributed by atoms with Crippen molar-refractivity contribution in [2.24, 2.45) is 12.2 Å². The third-order valence-corrected chi connectivity index (χ3v) is 6.24. The summed E-state index contributed by atoms with van der Waals surface area (Å²) in [5.74, 6) is -3.35. The van der Waals surface area contributed by atoms with Crippen LogP contribution >= 0.6 is 11.6 Å². The molecule has 0 aliphatic heterocycles. The molecule has 2 amide bonds. The van der Waals surface area contributed by atoms with E-state index in [1.54, 1.807) is 0 Å². The van der Waals surface area contributed by atoms with Gasteiger partial charge >= 0.3 is 6.03 Å². The summed E-state index contributed by atoms with van der Waals surface area (Å²) in [6.07, 6.45) is 1.31. The zero-order chi connectivity index (χ0) is 25.4. The highest BCUT2D eigenvalue weighted by Crippen LogP contribution is 2.29. The number of carbonyl (C=O) groups is 1. The quantitative estimate of drug-likeness (QED) is 0.522. The normalized spacial score (nSPS) is 12.6. The molecule has 8 nitrogen and oxygen atoms in total. The highest BCUT2D eigenvalue weighted by Gasteiger charge is 2.26. The minimum absolute atomic E-state index is 0.0775. The number of halogens is 4. The van der Waals surface area contributed by atoms with Gasteiger partial charge in [-0.1, -0.05) is 11.6 Å². The molecule has 1 aromatic heterocycles. The maximum atomic E-state index is 14.5. The van der Waals surface area contributed by atoms with Crippen molar-refractivity contribution in [3.05, 3.63) is 74.9 Å². The average molecular weight is 517 g/mol. The van der Waals surface area contributed by atoms with E-state index in [0.717, 1.165) is 27.7 Å². The van der Waals surface area contributed by atoms with Gasteiger partial charge in [-0.25, -0.2) is 31.5 Å². The highest BCUT2D eigenvalue weighted by molar-refractivity contribution is 7.89. The van der Waals surface area contributed by atoms with Crippen molar-refractivity contribution in [1.29, 1.82) is 0 Å². The Morgan fingerprint density at radius 1 is 1.21 bits per heavy atom. The average Bonchev–Trinajstić information content (AvgIpc) is 2.72. The highest BCUT2D eigenvalue weighted by atomic mass is 35.5. The lowest BCUT2D eigenvalue weighted by atomic mass is 10.0. The fourth-order valence-corrected chi connectivity index (χ4v) is 4.13. The summed E-state index contributed by atoms with van der Waals surface area (Å²) in [5.41, 5.74) is -0.422. The maximum Gasteiger partial charge on any atom is 0.322 e. The summed E-state index contributed by atoms with van der Waals surface area (Å²) >= 11 is 5.74. The molecule has 0 saturated heterocycles. The molecular weight excluding hydrogens is 497 g/mol. The smallest absolute Gasteiger partial charge is 0.318 e. The first kappa shape index (κ1) is 25.5. The number of aryl methyl sites for hydroxylation is 1.